The number of halogens is 1. The van der Waals surface area contributed by atoms with Crippen LogP contribution in [0.3, 0.4) is 0 Å². The van der Waals surface area contributed by atoms with E-state index in [1.54, 1.807) is 6.07 Å². The van der Waals surface area contributed by atoms with Crippen molar-refractivity contribution in [2.24, 2.45) is 5.41 Å². The Balaban J connectivity index is 2.39. The van der Waals surface area contributed by atoms with Crippen LogP contribution < -0.4 is 5.32 Å². The molecule has 1 aliphatic heterocycles. The monoisotopic (exact) mass is 275 g/mol. The highest BCUT2D eigenvalue weighted by atomic mass is 19.1. The van der Waals surface area contributed by atoms with Gasteiger partial charge in [-0.05, 0) is 23.1 Å². The van der Waals surface area contributed by atoms with Crippen LogP contribution in [0.4, 0.5) is 4.39 Å². The Morgan fingerprint density at radius 2 is 1.95 bits per heavy atom. The molecule has 1 fully saturated rings. The van der Waals surface area contributed by atoms with Gasteiger partial charge in [0.2, 0.25) is 0 Å². The SMILES string of the molecule is CC(C)(C)[C@@H](c1ccc(F)c(C#N)c1)N1CCNCC1. The van der Waals surface area contributed by atoms with Crippen LogP contribution in [0.2, 0.25) is 0 Å². The van der Waals surface area contributed by atoms with Crippen molar-refractivity contribution in [2.75, 3.05) is 26.2 Å². The van der Waals surface area contributed by atoms with Crippen molar-refractivity contribution in [1.29, 1.82) is 5.26 Å². The van der Waals surface area contributed by atoms with Crippen molar-refractivity contribution in [3.05, 3.63) is 35.1 Å². The topological polar surface area (TPSA) is 39.1 Å². The molecule has 0 saturated carbocycles. The number of nitriles is 1. The molecule has 0 unspecified atom stereocenters. The van der Waals surface area contributed by atoms with E-state index in [-0.39, 0.29) is 17.0 Å². The van der Waals surface area contributed by atoms with E-state index in [0.717, 1.165) is 31.7 Å². The third-order valence-electron chi connectivity index (χ3n) is 3.76. The van der Waals surface area contributed by atoms with E-state index in [2.05, 4.69) is 31.0 Å². The summed E-state index contributed by atoms with van der Waals surface area (Å²) < 4.78 is 13.5. The number of nitrogens with one attached hydrogen (secondary N) is 1. The molecule has 0 aliphatic carbocycles. The highest BCUT2D eigenvalue weighted by Gasteiger charge is 2.32. The molecule has 0 spiro atoms. The molecular formula is C16H22FN3. The second kappa shape index (κ2) is 5.90. The van der Waals surface area contributed by atoms with Crippen LogP contribution >= 0.6 is 0 Å². The molecule has 20 heavy (non-hydrogen) atoms. The second-order valence-corrected chi connectivity index (χ2v) is 6.41. The molecule has 1 heterocycles. The molecule has 0 radical (unpaired) electrons. The molecule has 4 heteroatoms. The number of nitrogens with zero attached hydrogens (tertiary/aromatic N) is 2. The molecule has 3 nitrogen and oxygen atoms in total. The first-order valence-corrected chi connectivity index (χ1v) is 7.08. The number of rotatable bonds is 2. The lowest BCUT2D eigenvalue weighted by atomic mass is 9.80. The Morgan fingerprint density at radius 3 is 2.50 bits per heavy atom. The highest BCUT2D eigenvalue weighted by Crippen LogP contribution is 2.38. The van der Waals surface area contributed by atoms with Crippen LogP contribution in [-0.2, 0) is 0 Å². The number of hydrogen-bond donors (Lipinski definition) is 1. The average Bonchev–Trinajstić information content (AvgIpc) is 2.40. The van der Waals surface area contributed by atoms with Crippen molar-refractivity contribution >= 4 is 0 Å². The first-order chi connectivity index (χ1) is 9.43. The van der Waals surface area contributed by atoms with Gasteiger partial charge in [0.05, 0.1) is 5.56 Å². The molecule has 0 bridgehead atoms. The second-order valence-electron chi connectivity index (χ2n) is 6.41. The first kappa shape index (κ1) is 15.0. The molecule has 1 N–H and O–H groups in total. The van der Waals surface area contributed by atoms with Gasteiger partial charge in [-0.3, -0.25) is 4.90 Å². The lowest BCUT2D eigenvalue weighted by Crippen LogP contribution is -2.48. The third-order valence-corrected chi connectivity index (χ3v) is 3.76. The summed E-state index contributed by atoms with van der Waals surface area (Å²) >= 11 is 0. The summed E-state index contributed by atoms with van der Waals surface area (Å²) in [6, 6.07) is 7.06. The first-order valence-electron chi connectivity index (χ1n) is 7.08. The Hall–Kier alpha value is -1.44. The Morgan fingerprint density at radius 1 is 1.30 bits per heavy atom. The molecule has 1 aromatic rings. The maximum absolute atomic E-state index is 13.5. The van der Waals surface area contributed by atoms with Crippen molar-refractivity contribution in [1.82, 2.24) is 10.2 Å². The minimum Gasteiger partial charge on any atom is -0.314 e. The van der Waals surface area contributed by atoms with Gasteiger partial charge in [0.25, 0.3) is 0 Å². The van der Waals surface area contributed by atoms with Gasteiger partial charge in [-0.2, -0.15) is 5.26 Å². The zero-order valence-corrected chi connectivity index (χ0v) is 12.4. The maximum Gasteiger partial charge on any atom is 0.140 e. The number of hydrogen-bond acceptors (Lipinski definition) is 3. The minimum atomic E-state index is -0.441. The average molecular weight is 275 g/mol. The summed E-state index contributed by atoms with van der Waals surface area (Å²) in [6.07, 6.45) is 0. The normalized spacial score (nSPS) is 18.6. The van der Waals surface area contributed by atoms with Gasteiger partial charge in [0.15, 0.2) is 0 Å². The molecule has 1 aliphatic rings. The van der Waals surface area contributed by atoms with E-state index >= 15 is 0 Å². The number of benzene rings is 1. The van der Waals surface area contributed by atoms with Gasteiger partial charge in [-0.25, -0.2) is 4.39 Å². The minimum absolute atomic E-state index is 0.0297. The molecular weight excluding hydrogens is 253 g/mol. The fourth-order valence-corrected chi connectivity index (χ4v) is 3.00. The molecule has 0 amide bonds. The molecule has 1 atom stereocenters. The zero-order chi connectivity index (χ0) is 14.8. The van der Waals surface area contributed by atoms with Crippen LogP contribution in [0.1, 0.15) is 37.9 Å². The zero-order valence-electron chi connectivity index (χ0n) is 12.4. The van der Waals surface area contributed by atoms with Crippen molar-refractivity contribution in [3.8, 4) is 6.07 Å². The van der Waals surface area contributed by atoms with Gasteiger partial charge in [0, 0.05) is 32.2 Å². The van der Waals surface area contributed by atoms with Crippen molar-refractivity contribution in [3.63, 3.8) is 0 Å². The molecule has 108 valence electrons. The molecule has 1 saturated heterocycles. The summed E-state index contributed by atoms with van der Waals surface area (Å²) in [7, 11) is 0. The van der Waals surface area contributed by atoms with Gasteiger partial charge in [-0.15, -0.1) is 0 Å². The van der Waals surface area contributed by atoms with Gasteiger partial charge >= 0.3 is 0 Å². The van der Waals surface area contributed by atoms with E-state index in [0.29, 0.717) is 0 Å². The molecule has 1 aromatic carbocycles. The van der Waals surface area contributed by atoms with Crippen LogP contribution in [0, 0.1) is 22.6 Å². The lowest BCUT2D eigenvalue weighted by Gasteiger charge is -2.42. The lowest BCUT2D eigenvalue weighted by molar-refractivity contribution is 0.0861. The summed E-state index contributed by atoms with van der Waals surface area (Å²) in [5, 5.41) is 12.4. The molecule has 0 aromatic heterocycles. The Labute approximate surface area is 120 Å². The van der Waals surface area contributed by atoms with E-state index in [1.807, 2.05) is 12.1 Å². The van der Waals surface area contributed by atoms with E-state index < -0.39 is 5.82 Å². The summed E-state index contributed by atoms with van der Waals surface area (Å²) in [5.74, 6) is -0.441. The Bertz CT molecular complexity index is 507. The van der Waals surface area contributed by atoms with E-state index in [4.69, 9.17) is 5.26 Å². The van der Waals surface area contributed by atoms with E-state index in [9.17, 15) is 4.39 Å². The van der Waals surface area contributed by atoms with Crippen molar-refractivity contribution < 1.29 is 4.39 Å². The van der Waals surface area contributed by atoms with Gasteiger partial charge in [0.1, 0.15) is 11.9 Å². The fourth-order valence-electron chi connectivity index (χ4n) is 3.00. The van der Waals surface area contributed by atoms with Gasteiger partial charge < -0.3 is 5.32 Å². The molecule has 2 rings (SSSR count). The Kier molecular flexibility index (Phi) is 4.42. The van der Waals surface area contributed by atoms with E-state index in [1.165, 1.54) is 6.07 Å². The van der Waals surface area contributed by atoms with Gasteiger partial charge in [-0.1, -0.05) is 26.8 Å². The third kappa shape index (κ3) is 3.17. The predicted molar refractivity (Wildman–Crippen MR) is 77.8 cm³/mol. The largest absolute Gasteiger partial charge is 0.314 e. The quantitative estimate of drug-likeness (QED) is 0.902. The summed E-state index contributed by atoms with van der Waals surface area (Å²) in [6.45, 7) is 10.5. The van der Waals surface area contributed by atoms with Crippen molar-refractivity contribution in [2.45, 2.75) is 26.8 Å². The van der Waals surface area contributed by atoms with Crippen LogP contribution in [0.5, 0.6) is 0 Å². The highest BCUT2D eigenvalue weighted by molar-refractivity contribution is 5.36. The standard InChI is InChI=1S/C16H22FN3/c1-16(2,3)15(20-8-6-19-7-9-20)12-4-5-14(17)13(10-12)11-18/h4-5,10,15,19H,6-9H2,1-3H3/t15-/m1/s1. The fraction of sp³-hybridized carbons (Fsp3) is 0.562. The van der Waals surface area contributed by atoms with Crippen LogP contribution in [-0.4, -0.2) is 31.1 Å². The smallest absolute Gasteiger partial charge is 0.140 e. The predicted octanol–water partition coefficient (Wildman–Crippen LogP) is 2.69. The maximum atomic E-state index is 13.5. The van der Waals surface area contributed by atoms with Crippen LogP contribution in [0.25, 0.3) is 0 Å². The van der Waals surface area contributed by atoms with Crippen LogP contribution in [0.15, 0.2) is 18.2 Å². The number of piperazine rings is 1. The summed E-state index contributed by atoms with van der Waals surface area (Å²) in [5.41, 5.74) is 1.19. The summed E-state index contributed by atoms with van der Waals surface area (Å²) in [4.78, 5) is 2.42.